The number of rotatable bonds is 5. The maximum Gasteiger partial charge on any atom is 0.0207 e. The summed E-state index contributed by atoms with van der Waals surface area (Å²) in [6.07, 6.45) is 2.43. The number of nitrogens with zero attached hydrogens (tertiary/aromatic N) is 1. The molecule has 0 aromatic rings. The Kier molecular flexibility index (Phi) is 4.70. The predicted molar refractivity (Wildman–Crippen MR) is 56.7 cm³/mol. The Labute approximate surface area is 81.7 Å². The van der Waals surface area contributed by atoms with E-state index in [1.165, 1.54) is 19.5 Å². The Morgan fingerprint density at radius 2 is 2.38 bits per heavy atom. The average molecular weight is 185 g/mol. The predicted octanol–water partition coefficient (Wildman–Crippen LogP) is 0.265. The van der Waals surface area contributed by atoms with Crippen LogP contribution in [-0.2, 0) is 0 Å². The van der Waals surface area contributed by atoms with Crippen molar-refractivity contribution < 1.29 is 0 Å². The van der Waals surface area contributed by atoms with E-state index in [0.717, 1.165) is 25.4 Å². The van der Waals surface area contributed by atoms with Gasteiger partial charge in [0.2, 0.25) is 0 Å². The van der Waals surface area contributed by atoms with Gasteiger partial charge in [0.1, 0.15) is 0 Å². The van der Waals surface area contributed by atoms with Crippen LogP contribution in [0.25, 0.3) is 0 Å². The van der Waals surface area contributed by atoms with Crippen LogP contribution in [0.2, 0.25) is 0 Å². The highest BCUT2D eigenvalue weighted by atomic mass is 15.2. The average Bonchev–Trinajstić information content (AvgIpc) is 2.49. The van der Waals surface area contributed by atoms with Gasteiger partial charge in [-0.15, -0.1) is 0 Å². The largest absolute Gasteiger partial charge is 0.330 e. The first-order chi connectivity index (χ1) is 6.22. The van der Waals surface area contributed by atoms with Gasteiger partial charge in [-0.3, -0.25) is 0 Å². The summed E-state index contributed by atoms with van der Waals surface area (Å²) >= 11 is 0. The molecule has 0 bridgehead atoms. The van der Waals surface area contributed by atoms with Crippen LogP contribution in [0.5, 0.6) is 0 Å². The molecule has 1 saturated heterocycles. The summed E-state index contributed by atoms with van der Waals surface area (Å²) in [5.41, 5.74) is 5.50. The molecule has 3 N–H and O–H groups in total. The fourth-order valence-electron chi connectivity index (χ4n) is 1.86. The van der Waals surface area contributed by atoms with Crippen LogP contribution in [0.4, 0.5) is 0 Å². The zero-order valence-electron chi connectivity index (χ0n) is 8.92. The maximum atomic E-state index is 5.50. The van der Waals surface area contributed by atoms with Gasteiger partial charge < -0.3 is 16.0 Å². The van der Waals surface area contributed by atoms with E-state index in [1.54, 1.807) is 0 Å². The summed E-state index contributed by atoms with van der Waals surface area (Å²) in [5.74, 6) is 0.718. The zero-order chi connectivity index (χ0) is 9.68. The molecule has 3 heteroatoms. The Morgan fingerprint density at radius 3 is 2.92 bits per heavy atom. The van der Waals surface area contributed by atoms with E-state index < -0.39 is 0 Å². The van der Waals surface area contributed by atoms with Gasteiger partial charge in [-0.2, -0.15) is 0 Å². The quantitative estimate of drug-likeness (QED) is 0.646. The SMILES string of the molecule is CC(CCN)CNC1CCN(C)C1. The Bertz CT molecular complexity index is 138. The van der Waals surface area contributed by atoms with E-state index in [9.17, 15) is 0 Å². The molecule has 0 aliphatic carbocycles. The monoisotopic (exact) mass is 185 g/mol. The van der Waals surface area contributed by atoms with Crippen molar-refractivity contribution in [1.82, 2.24) is 10.2 Å². The molecule has 0 saturated carbocycles. The fraction of sp³-hybridized carbons (Fsp3) is 1.00. The van der Waals surface area contributed by atoms with Crippen molar-refractivity contribution in [2.45, 2.75) is 25.8 Å². The summed E-state index contributed by atoms with van der Waals surface area (Å²) < 4.78 is 0. The van der Waals surface area contributed by atoms with Crippen LogP contribution < -0.4 is 11.1 Å². The summed E-state index contributed by atoms with van der Waals surface area (Å²) in [4.78, 5) is 2.38. The van der Waals surface area contributed by atoms with Gasteiger partial charge in [-0.05, 0) is 45.4 Å². The van der Waals surface area contributed by atoms with E-state index in [2.05, 4.69) is 24.2 Å². The van der Waals surface area contributed by atoms with Crippen molar-refractivity contribution in [3.8, 4) is 0 Å². The highest BCUT2D eigenvalue weighted by Gasteiger charge is 2.18. The molecule has 1 aliphatic rings. The van der Waals surface area contributed by atoms with Crippen LogP contribution in [0.1, 0.15) is 19.8 Å². The molecule has 0 aromatic heterocycles. The van der Waals surface area contributed by atoms with Gasteiger partial charge in [0.15, 0.2) is 0 Å². The summed E-state index contributed by atoms with van der Waals surface area (Å²) in [6, 6.07) is 0.713. The molecular weight excluding hydrogens is 162 g/mol. The highest BCUT2D eigenvalue weighted by Crippen LogP contribution is 2.07. The normalized spacial score (nSPS) is 26.5. The maximum absolute atomic E-state index is 5.50. The number of hydrogen-bond acceptors (Lipinski definition) is 3. The molecule has 0 radical (unpaired) electrons. The number of hydrogen-bond donors (Lipinski definition) is 2. The van der Waals surface area contributed by atoms with Crippen molar-refractivity contribution >= 4 is 0 Å². The van der Waals surface area contributed by atoms with Gasteiger partial charge >= 0.3 is 0 Å². The third-order valence-electron chi connectivity index (χ3n) is 2.81. The first kappa shape index (κ1) is 11.0. The molecule has 0 amide bonds. The molecule has 0 aromatic carbocycles. The first-order valence-corrected chi connectivity index (χ1v) is 5.34. The summed E-state index contributed by atoms with van der Waals surface area (Å²) in [5, 5.41) is 3.60. The van der Waals surface area contributed by atoms with Gasteiger partial charge in [0.25, 0.3) is 0 Å². The second kappa shape index (κ2) is 5.58. The molecule has 1 rings (SSSR count). The van der Waals surface area contributed by atoms with E-state index in [0.29, 0.717) is 6.04 Å². The highest BCUT2D eigenvalue weighted by molar-refractivity contribution is 4.79. The number of likely N-dealkylation sites (N-methyl/N-ethyl adjacent to an activating group) is 1. The third kappa shape index (κ3) is 4.07. The molecule has 13 heavy (non-hydrogen) atoms. The van der Waals surface area contributed by atoms with Gasteiger partial charge in [0, 0.05) is 12.6 Å². The smallest absolute Gasteiger partial charge is 0.0207 e. The minimum Gasteiger partial charge on any atom is -0.330 e. The summed E-state index contributed by atoms with van der Waals surface area (Å²) in [7, 11) is 2.19. The van der Waals surface area contributed by atoms with Crippen molar-refractivity contribution in [2.75, 3.05) is 33.2 Å². The Balaban J connectivity index is 2.05. The van der Waals surface area contributed by atoms with E-state index >= 15 is 0 Å². The van der Waals surface area contributed by atoms with Crippen molar-refractivity contribution in [3.63, 3.8) is 0 Å². The van der Waals surface area contributed by atoms with Crippen LogP contribution in [0, 0.1) is 5.92 Å². The standard InChI is InChI=1S/C10H23N3/c1-9(3-5-11)7-12-10-4-6-13(2)8-10/h9-10,12H,3-8,11H2,1-2H3. The molecule has 2 atom stereocenters. The van der Waals surface area contributed by atoms with E-state index in [-0.39, 0.29) is 0 Å². The summed E-state index contributed by atoms with van der Waals surface area (Å²) in [6.45, 7) is 6.64. The first-order valence-electron chi connectivity index (χ1n) is 5.34. The minimum absolute atomic E-state index is 0.713. The molecule has 0 spiro atoms. The van der Waals surface area contributed by atoms with Crippen LogP contribution in [0.15, 0.2) is 0 Å². The number of nitrogens with one attached hydrogen (secondary N) is 1. The van der Waals surface area contributed by atoms with E-state index in [1.807, 2.05) is 0 Å². The molecule has 2 unspecified atom stereocenters. The molecular formula is C10H23N3. The van der Waals surface area contributed by atoms with E-state index in [4.69, 9.17) is 5.73 Å². The second-order valence-electron chi connectivity index (χ2n) is 4.34. The van der Waals surface area contributed by atoms with Crippen LogP contribution in [-0.4, -0.2) is 44.2 Å². The molecule has 78 valence electrons. The van der Waals surface area contributed by atoms with Crippen LogP contribution >= 0.6 is 0 Å². The van der Waals surface area contributed by atoms with Crippen molar-refractivity contribution in [3.05, 3.63) is 0 Å². The van der Waals surface area contributed by atoms with Crippen LogP contribution in [0.3, 0.4) is 0 Å². The van der Waals surface area contributed by atoms with Crippen molar-refractivity contribution in [1.29, 1.82) is 0 Å². The topological polar surface area (TPSA) is 41.3 Å². The van der Waals surface area contributed by atoms with Crippen molar-refractivity contribution in [2.24, 2.45) is 11.7 Å². The lowest BCUT2D eigenvalue weighted by atomic mass is 10.1. The fourth-order valence-corrected chi connectivity index (χ4v) is 1.86. The lowest BCUT2D eigenvalue weighted by Crippen LogP contribution is -2.35. The van der Waals surface area contributed by atoms with Gasteiger partial charge in [-0.1, -0.05) is 6.92 Å². The minimum atomic E-state index is 0.713. The molecule has 1 fully saturated rings. The second-order valence-corrected chi connectivity index (χ2v) is 4.34. The molecule has 1 aliphatic heterocycles. The third-order valence-corrected chi connectivity index (χ3v) is 2.81. The Morgan fingerprint density at radius 1 is 1.62 bits per heavy atom. The zero-order valence-corrected chi connectivity index (χ0v) is 8.92. The number of likely N-dealkylation sites (tertiary alicyclic amines) is 1. The lowest BCUT2D eigenvalue weighted by molar-refractivity contribution is 0.385. The molecule has 3 nitrogen and oxygen atoms in total. The van der Waals surface area contributed by atoms with Gasteiger partial charge in [0.05, 0.1) is 0 Å². The Hall–Kier alpha value is -0.120. The molecule has 1 heterocycles. The number of nitrogens with two attached hydrogens (primary N) is 1. The lowest BCUT2D eigenvalue weighted by Gasteiger charge is -2.16. The van der Waals surface area contributed by atoms with Gasteiger partial charge in [-0.25, -0.2) is 0 Å².